The van der Waals surface area contributed by atoms with Gasteiger partial charge in [-0.05, 0) is 24.6 Å². The molecule has 1 aromatic carbocycles. The van der Waals surface area contributed by atoms with Gasteiger partial charge in [0.2, 0.25) is 5.91 Å². The van der Waals surface area contributed by atoms with Gasteiger partial charge >= 0.3 is 0 Å². The van der Waals surface area contributed by atoms with Gasteiger partial charge in [0.05, 0.1) is 0 Å². The van der Waals surface area contributed by atoms with Crippen LogP contribution in [-0.4, -0.2) is 19.0 Å². The third-order valence-electron chi connectivity index (χ3n) is 2.21. The van der Waals surface area contributed by atoms with E-state index in [0.29, 0.717) is 11.3 Å². The SMILES string of the molecule is C[N-]C(C)C(=O)Nc1ccc(C)c(F)c1.[Re]. The second-order valence-electron chi connectivity index (χ2n) is 3.39. The van der Waals surface area contributed by atoms with Gasteiger partial charge in [-0.1, -0.05) is 19.0 Å². The number of likely N-dealkylation sites (N-methyl/N-ethyl adjacent to an activating group) is 1. The van der Waals surface area contributed by atoms with E-state index in [2.05, 4.69) is 10.6 Å². The summed E-state index contributed by atoms with van der Waals surface area (Å²) in [7, 11) is 1.57. The molecule has 0 saturated carbocycles. The monoisotopic (exact) mass is 396 g/mol. The fourth-order valence-electron chi connectivity index (χ4n) is 1.03. The number of carbonyl (C=O) groups is 1. The summed E-state index contributed by atoms with van der Waals surface area (Å²) >= 11 is 0. The van der Waals surface area contributed by atoms with E-state index in [0.717, 1.165) is 0 Å². The molecule has 0 aromatic heterocycles. The summed E-state index contributed by atoms with van der Waals surface area (Å²) in [4.78, 5) is 11.4. The molecule has 1 unspecified atom stereocenters. The Kier molecular flexibility index (Phi) is 6.43. The summed E-state index contributed by atoms with van der Waals surface area (Å²) in [6.45, 7) is 3.35. The minimum atomic E-state index is -0.422. The van der Waals surface area contributed by atoms with E-state index in [4.69, 9.17) is 0 Å². The Balaban J connectivity index is 0.00000225. The smallest absolute Gasteiger partial charge is 0.206 e. The largest absolute Gasteiger partial charge is 0.655 e. The van der Waals surface area contributed by atoms with Crippen LogP contribution in [0, 0.1) is 12.7 Å². The van der Waals surface area contributed by atoms with Gasteiger partial charge in [-0.15, -0.1) is 0 Å². The van der Waals surface area contributed by atoms with Gasteiger partial charge in [0, 0.05) is 26.1 Å². The van der Waals surface area contributed by atoms with Crippen molar-refractivity contribution in [2.24, 2.45) is 0 Å². The van der Waals surface area contributed by atoms with Crippen molar-refractivity contribution in [1.82, 2.24) is 0 Å². The van der Waals surface area contributed by atoms with E-state index in [1.165, 1.54) is 6.07 Å². The number of halogens is 1. The average molecular weight is 395 g/mol. The molecule has 0 heterocycles. The molecule has 89 valence electrons. The third kappa shape index (κ3) is 4.01. The Hall–Kier alpha value is -0.758. The molecule has 0 aliphatic heterocycles. The van der Waals surface area contributed by atoms with Gasteiger partial charge in [-0.25, -0.2) is 4.39 Å². The van der Waals surface area contributed by atoms with Crippen LogP contribution in [0.2, 0.25) is 0 Å². The Morgan fingerprint density at radius 2 is 2.12 bits per heavy atom. The van der Waals surface area contributed by atoms with Gasteiger partial charge in [-0.2, -0.15) is 7.05 Å². The van der Waals surface area contributed by atoms with Crippen LogP contribution in [0.15, 0.2) is 18.2 Å². The molecule has 0 bridgehead atoms. The number of hydrogen-bond donors (Lipinski definition) is 1. The van der Waals surface area contributed by atoms with Crippen LogP contribution < -0.4 is 5.32 Å². The van der Waals surface area contributed by atoms with Crippen molar-refractivity contribution in [2.45, 2.75) is 19.9 Å². The Labute approximate surface area is 108 Å². The number of carbonyl (C=O) groups excluding carboxylic acids is 1. The fourth-order valence-corrected chi connectivity index (χ4v) is 1.03. The van der Waals surface area contributed by atoms with Gasteiger partial charge in [0.25, 0.3) is 0 Å². The number of amides is 1. The van der Waals surface area contributed by atoms with Gasteiger partial charge in [0.15, 0.2) is 0 Å². The van der Waals surface area contributed by atoms with Crippen LogP contribution >= 0.6 is 0 Å². The van der Waals surface area contributed by atoms with E-state index < -0.39 is 6.04 Å². The molecule has 0 aliphatic carbocycles. The van der Waals surface area contributed by atoms with Crippen molar-refractivity contribution in [3.63, 3.8) is 0 Å². The van der Waals surface area contributed by atoms with Crippen LogP contribution in [0.5, 0.6) is 0 Å². The molecule has 5 heteroatoms. The first-order valence-corrected chi connectivity index (χ1v) is 4.70. The first kappa shape index (κ1) is 15.2. The summed E-state index contributed by atoms with van der Waals surface area (Å²) < 4.78 is 13.1. The normalized spacial score (nSPS) is 11.5. The number of nitrogens with zero attached hydrogens (tertiary/aromatic N) is 1. The van der Waals surface area contributed by atoms with E-state index in [1.54, 1.807) is 33.0 Å². The standard InChI is InChI=1S/C11H14FN2O.Re/c1-7-4-5-9(6-10(7)12)14-11(15)8(2)13-3;/h4-6,8H,1-3H3,(H,14,15);/q-1;. The zero-order valence-electron chi connectivity index (χ0n) is 9.42. The molecule has 16 heavy (non-hydrogen) atoms. The molecule has 0 fully saturated rings. The van der Waals surface area contributed by atoms with E-state index >= 15 is 0 Å². The quantitative estimate of drug-likeness (QED) is 0.840. The maximum atomic E-state index is 13.1. The van der Waals surface area contributed by atoms with Crippen LogP contribution in [0.3, 0.4) is 0 Å². The summed E-state index contributed by atoms with van der Waals surface area (Å²) in [6, 6.07) is 4.17. The van der Waals surface area contributed by atoms with Crippen molar-refractivity contribution in [2.75, 3.05) is 12.4 Å². The van der Waals surface area contributed by atoms with Gasteiger partial charge in [0.1, 0.15) is 5.82 Å². The molecule has 0 aliphatic rings. The number of benzene rings is 1. The summed E-state index contributed by atoms with van der Waals surface area (Å²) in [5.41, 5.74) is 1.01. The molecule has 1 rings (SSSR count). The van der Waals surface area contributed by atoms with E-state index in [9.17, 15) is 9.18 Å². The van der Waals surface area contributed by atoms with Crippen LogP contribution in [0.4, 0.5) is 10.1 Å². The Morgan fingerprint density at radius 3 is 2.62 bits per heavy atom. The Bertz CT molecular complexity index is 371. The van der Waals surface area contributed by atoms with Crippen LogP contribution in [-0.2, 0) is 25.2 Å². The van der Waals surface area contributed by atoms with Crippen molar-refractivity contribution < 1.29 is 29.6 Å². The minimum Gasteiger partial charge on any atom is -0.655 e. The van der Waals surface area contributed by atoms with Crippen LogP contribution in [0.25, 0.3) is 5.32 Å². The number of aryl methyl sites for hydroxylation is 1. The maximum absolute atomic E-state index is 13.1. The molecular weight excluding hydrogens is 381 g/mol. The molecule has 1 N–H and O–H groups in total. The molecule has 0 saturated heterocycles. The zero-order chi connectivity index (χ0) is 11.4. The second kappa shape index (κ2) is 6.75. The maximum Gasteiger partial charge on any atom is 0.206 e. The number of rotatable bonds is 3. The van der Waals surface area contributed by atoms with Crippen molar-refractivity contribution >= 4 is 11.6 Å². The number of anilines is 1. The average Bonchev–Trinajstić information content (AvgIpc) is 2.22. The predicted octanol–water partition coefficient (Wildman–Crippen LogP) is 2.46. The summed E-state index contributed by atoms with van der Waals surface area (Å²) in [6.07, 6.45) is 0. The number of nitrogens with one attached hydrogen (secondary N) is 1. The van der Waals surface area contributed by atoms with Crippen LogP contribution in [0.1, 0.15) is 12.5 Å². The molecule has 1 aromatic rings. The second-order valence-corrected chi connectivity index (χ2v) is 3.39. The molecule has 3 nitrogen and oxygen atoms in total. The van der Waals surface area contributed by atoms with E-state index in [1.807, 2.05) is 0 Å². The first-order valence-electron chi connectivity index (χ1n) is 4.70. The molecule has 1 atom stereocenters. The summed E-state index contributed by atoms with van der Waals surface area (Å²) in [5, 5.41) is 6.41. The predicted molar refractivity (Wildman–Crippen MR) is 58.5 cm³/mol. The van der Waals surface area contributed by atoms with E-state index in [-0.39, 0.29) is 32.1 Å². The first-order chi connectivity index (χ1) is 7.04. The van der Waals surface area contributed by atoms with Crippen molar-refractivity contribution in [3.8, 4) is 0 Å². The topological polar surface area (TPSA) is 43.2 Å². The molecule has 1 radical (unpaired) electrons. The molecule has 0 spiro atoms. The Morgan fingerprint density at radius 1 is 1.50 bits per heavy atom. The minimum absolute atomic E-state index is 0. The van der Waals surface area contributed by atoms with Crippen molar-refractivity contribution in [3.05, 3.63) is 34.9 Å². The van der Waals surface area contributed by atoms with Gasteiger partial charge < -0.3 is 10.6 Å². The molecule has 1 amide bonds. The van der Waals surface area contributed by atoms with Gasteiger partial charge in [-0.3, -0.25) is 4.79 Å². The zero-order valence-corrected chi connectivity index (χ0v) is 12.1. The third-order valence-corrected chi connectivity index (χ3v) is 2.21. The number of hydrogen-bond acceptors (Lipinski definition) is 1. The summed E-state index contributed by atoms with van der Waals surface area (Å²) in [5.74, 6) is -0.561. The molecular formula is C11H14FN2ORe-. The van der Waals surface area contributed by atoms with Crippen molar-refractivity contribution in [1.29, 1.82) is 0 Å². The fraction of sp³-hybridized carbons (Fsp3) is 0.364.